The maximum absolute atomic E-state index is 11.6. The molecule has 0 aliphatic heterocycles. The summed E-state index contributed by atoms with van der Waals surface area (Å²) in [6.07, 6.45) is 2.27. The van der Waals surface area contributed by atoms with E-state index in [1.165, 1.54) is 0 Å². The molecular weight excluding hydrogens is 216 g/mol. The molecule has 0 aromatic heterocycles. The third kappa shape index (κ3) is 3.17. The van der Waals surface area contributed by atoms with Gasteiger partial charge in [-0.15, -0.1) is 0 Å². The fourth-order valence-corrected chi connectivity index (χ4v) is 2.58. The summed E-state index contributed by atoms with van der Waals surface area (Å²) in [7, 11) is -3.50. The van der Waals surface area contributed by atoms with E-state index in [-0.39, 0.29) is 11.7 Å². The topological polar surface area (TPSA) is 89.3 Å². The Kier molecular flexibility index (Phi) is 3.40. The van der Waals surface area contributed by atoms with Crippen molar-refractivity contribution in [1.82, 2.24) is 4.72 Å². The summed E-state index contributed by atoms with van der Waals surface area (Å²) >= 11 is 0. The fourth-order valence-electron chi connectivity index (χ4n) is 1.44. The first-order valence-electron chi connectivity index (χ1n) is 5.13. The van der Waals surface area contributed by atoms with Crippen LogP contribution in [0.15, 0.2) is 0 Å². The Morgan fingerprint density at radius 3 is 2.47 bits per heavy atom. The summed E-state index contributed by atoms with van der Waals surface area (Å²) in [5, 5.41) is 0. The second kappa shape index (κ2) is 4.09. The molecule has 3 N–H and O–H groups in total. The van der Waals surface area contributed by atoms with Crippen molar-refractivity contribution in [3.05, 3.63) is 0 Å². The minimum absolute atomic E-state index is 0.0422. The number of nitrogens with one attached hydrogen (secondary N) is 1. The fraction of sp³-hybridized carbons (Fsp3) is 0.889. The summed E-state index contributed by atoms with van der Waals surface area (Å²) in [6, 6.07) is 0. The van der Waals surface area contributed by atoms with Crippen LogP contribution in [0.25, 0.3) is 0 Å². The van der Waals surface area contributed by atoms with E-state index in [0.29, 0.717) is 6.42 Å². The zero-order valence-corrected chi connectivity index (χ0v) is 9.93. The molecule has 0 saturated heterocycles. The zero-order valence-electron chi connectivity index (χ0n) is 9.12. The number of amides is 1. The van der Waals surface area contributed by atoms with Crippen LogP contribution < -0.4 is 10.5 Å². The van der Waals surface area contributed by atoms with Gasteiger partial charge in [0.05, 0.1) is 11.3 Å². The molecule has 1 aliphatic carbocycles. The smallest absolute Gasteiger partial charge is 0.253 e. The van der Waals surface area contributed by atoms with Crippen LogP contribution in [0, 0.1) is 5.92 Å². The molecule has 1 aliphatic rings. The maximum atomic E-state index is 11.6. The Morgan fingerprint density at radius 2 is 2.07 bits per heavy atom. The number of hydrogen-bond acceptors (Lipinski definition) is 4. The highest BCUT2D eigenvalue weighted by molar-refractivity contribution is 7.90. The molecule has 6 heteroatoms. The molecule has 1 amide bonds. The molecule has 1 rings (SSSR count). The highest BCUT2D eigenvalue weighted by atomic mass is 32.2. The van der Waals surface area contributed by atoms with E-state index in [4.69, 9.17) is 5.73 Å². The molecule has 0 radical (unpaired) electrons. The van der Waals surface area contributed by atoms with Crippen LogP contribution in [-0.2, 0) is 14.8 Å². The van der Waals surface area contributed by atoms with E-state index >= 15 is 0 Å². The van der Waals surface area contributed by atoms with E-state index in [2.05, 4.69) is 0 Å². The number of nitrogens with two attached hydrogens (primary N) is 1. The lowest BCUT2D eigenvalue weighted by atomic mass is 9.97. The number of sulfonamides is 1. The summed E-state index contributed by atoms with van der Waals surface area (Å²) in [5.74, 6) is -0.507. The quantitative estimate of drug-likeness (QED) is 0.699. The molecule has 0 heterocycles. The van der Waals surface area contributed by atoms with Gasteiger partial charge >= 0.3 is 0 Å². The summed E-state index contributed by atoms with van der Waals surface area (Å²) in [6.45, 7) is 3.33. The number of carbonyl (C=O) groups is 1. The van der Waals surface area contributed by atoms with Gasteiger partial charge in [0.15, 0.2) is 0 Å². The number of rotatable bonds is 5. The summed E-state index contributed by atoms with van der Waals surface area (Å²) < 4.78 is 24.7. The molecule has 0 aromatic carbocycles. The van der Waals surface area contributed by atoms with Crippen molar-refractivity contribution in [1.29, 1.82) is 0 Å². The van der Waals surface area contributed by atoms with Crippen molar-refractivity contribution in [3.63, 3.8) is 0 Å². The highest BCUT2D eigenvalue weighted by Gasteiger charge is 2.45. The minimum Gasteiger partial charge on any atom is -0.317 e. The van der Waals surface area contributed by atoms with Crippen molar-refractivity contribution in [3.8, 4) is 0 Å². The van der Waals surface area contributed by atoms with Gasteiger partial charge < -0.3 is 5.73 Å². The predicted molar refractivity (Wildman–Crippen MR) is 57.5 cm³/mol. The maximum Gasteiger partial charge on any atom is 0.253 e. The van der Waals surface area contributed by atoms with Crippen LogP contribution in [0.5, 0.6) is 0 Å². The van der Waals surface area contributed by atoms with Gasteiger partial charge in [-0.05, 0) is 32.1 Å². The van der Waals surface area contributed by atoms with E-state index in [9.17, 15) is 13.2 Å². The lowest BCUT2D eigenvalue weighted by Gasteiger charge is -2.22. The SMILES string of the molecule is CCCS(=O)(=O)NC(=O)C(C)(N)C1CC1. The van der Waals surface area contributed by atoms with Crippen molar-refractivity contribution < 1.29 is 13.2 Å². The van der Waals surface area contributed by atoms with Crippen molar-refractivity contribution in [2.75, 3.05) is 5.75 Å². The van der Waals surface area contributed by atoms with E-state index in [1.807, 2.05) is 4.72 Å². The average molecular weight is 234 g/mol. The first-order chi connectivity index (χ1) is 6.79. The Bertz CT molecular complexity index is 344. The highest BCUT2D eigenvalue weighted by Crippen LogP contribution is 2.38. The van der Waals surface area contributed by atoms with Gasteiger partial charge in [-0.3, -0.25) is 9.52 Å². The van der Waals surface area contributed by atoms with Crippen molar-refractivity contribution in [2.24, 2.45) is 11.7 Å². The van der Waals surface area contributed by atoms with Crippen LogP contribution in [0.2, 0.25) is 0 Å². The van der Waals surface area contributed by atoms with Crippen LogP contribution in [0.3, 0.4) is 0 Å². The van der Waals surface area contributed by atoms with E-state index < -0.39 is 21.5 Å². The van der Waals surface area contributed by atoms with Crippen LogP contribution in [0.4, 0.5) is 0 Å². The van der Waals surface area contributed by atoms with Gasteiger partial charge in [0, 0.05) is 0 Å². The van der Waals surface area contributed by atoms with Gasteiger partial charge in [0.1, 0.15) is 0 Å². The first-order valence-corrected chi connectivity index (χ1v) is 6.78. The number of hydrogen-bond donors (Lipinski definition) is 2. The summed E-state index contributed by atoms with van der Waals surface area (Å²) in [5.41, 5.74) is 4.74. The minimum atomic E-state index is -3.50. The predicted octanol–water partition coefficient (Wildman–Crippen LogP) is -0.0302. The number of carbonyl (C=O) groups excluding carboxylic acids is 1. The Hall–Kier alpha value is -0.620. The Labute approximate surface area is 90.5 Å². The van der Waals surface area contributed by atoms with Crippen LogP contribution in [-0.4, -0.2) is 25.6 Å². The molecule has 1 fully saturated rings. The van der Waals surface area contributed by atoms with Gasteiger partial charge in [-0.2, -0.15) is 0 Å². The molecule has 1 atom stereocenters. The Balaban J connectivity index is 2.62. The van der Waals surface area contributed by atoms with Crippen LogP contribution in [0.1, 0.15) is 33.1 Å². The molecule has 88 valence electrons. The third-order valence-corrected chi connectivity index (χ3v) is 4.08. The zero-order chi connectivity index (χ0) is 11.7. The van der Waals surface area contributed by atoms with E-state index in [0.717, 1.165) is 12.8 Å². The van der Waals surface area contributed by atoms with Gasteiger partial charge in [0.2, 0.25) is 10.0 Å². The molecule has 0 aromatic rings. The van der Waals surface area contributed by atoms with Gasteiger partial charge in [0.25, 0.3) is 5.91 Å². The molecular formula is C9H18N2O3S. The third-order valence-electron chi connectivity index (χ3n) is 2.64. The Morgan fingerprint density at radius 1 is 1.53 bits per heavy atom. The van der Waals surface area contributed by atoms with Crippen molar-refractivity contribution in [2.45, 2.75) is 38.6 Å². The lowest BCUT2D eigenvalue weighted by Crippen LogP contribution is -2.55. The molecule has 15 heavy (non-hydrogen) atoms. The largest absolute Gasteiger partial charge is 0.317 e. The average Bonchev–Trinajstić information content (AvgIpc) is 2.84. The molecule has 1 unspecified atom stereocenters. The normalized spacial score (nSPS) is 20.7. The van der Waals surface area contributed by atoms with Crippen LogP contribution >= 0.6 is 0 Å². The molecule has 1 saturated carbocycles. The molecule has 0 spiro atoms. The standard InChI is InChI=1S/C9H18N2O3S/c1-3-6-15(13,14)11-8(12)9(2,10)7-4-5-7/h7H,3-6,10H2,1-2H3,(H,11,12). The molecule has 0 bridgehead atoms. The summed E-state index contributed by atoms with van der Waals surface area (Å²) in [4.78, 5) is 11.6. The van der Waals surface area contributed by atoms with Gasteiger partial charge in [-0.25, -0.2) is 8.42 Å². The second-order valence-electron chi connectivity index (χ2n) is 4.31. The first kappa shape index (κ1) is 12.4. The van der Waals surface area contributed by atoms with Gasteiger partial charge in [-0.1, -0.05) is 6.92 Å². The molecule has 5 nitrogen and oxygen atoms in total. The van der Waals surface area contributed by atoms with Crippen molar-refractivity contribution >= 4 is 15.9 Å². The second-order valence-corrected chi connectivity index (χ2v) is 6.15. The lowest BCUT2D eigenvalue weighted by molar-refractivity contribution is -0.124. The monoisotopic (exact) mass is 234 g/mol. The van der Waals surface area contributed by atoms with E-state index in [1.54, 1.807) is 13.8 Å².